The maximum atomic E-state index is 14.2. The van der Waals surface area contributed by atoms with Crippen molar-refractivity contribution in [2.24, 2.45) is 0 Å². The molecule has 2 fully saturated rings. The van der Waals surface area contributed by atoms with Crippen molar-refractivity contribution in [3.63, 3.8) is 0 Å². The van der Waals surface area contributed by atoms with Crippen molar-refractivity contribution in [3.05, 3.63) is 106 Å². The molecule has 2 heterocycles. The van der Waals surface area contributed by atoms with Crippen LogP contribution in [-0.4, -0.2) is 73.0 Å². The predicted octanol–water partition coefficient (Wildman–Crippen LogP) is 6.66. The maximum absolute atomic E-state index is 14.2. The molecule has 234 valence electrons. The van der Waals surface area contributed by atoms with Gasteiger partial charge in [-0.2, -0.15) is 0 Å². The summed E-state index contributed by atoms with van der Waals surface area (Å²) in [6.07, 6.45) is 6.37. The smallest absolute Gasteiger partial charge is 0.251 e. The SMILES string of the molecule is O=C(NC[C@@H]1CCN(CC(c2ccccc2)c2ccccc2)C(=O)[C@H](CCCN2CCCCC2)N1)c1ccc(CI)c(Cl)c1. The third-order valence-electron chi connectivity index (χ3n) is 8.99. The summed E-state index contributed by atoms with van der Waals surface area (Å²) in [7, 11) is 0. The highest BCUT2D eigenvalue weighted by Crippen LogP contribution is 2.27. The molecule has 0 unspecified atom stereocenters. The second kappa shape index (κ2) is 16.7. The van der Waals surface area contributed by atoms with Crippen LogP contribution in [0.15, 0.2) is 78.9 Å². The van der Waals surface area contributed by atoms with Crippen molar-refractivity contribution >= 4 is 46.0 Å². The third-order valence-corrected chi connectivity index (χ3v) is 10.2. The first kappa shape index (κ1) is 32.9. The molecule has 6 nitrogen and oxygen atoms in total. The van der Waals surface area contributed by atoms with Gasteiger partial charge in [-0.3, -0.25) is 9.59 Å². The Hall–Kier alpha value is -2.46. The minimum absolute atomic E-state index is 0.0103. The average molecular weight is 727 g/mol. The molecule has 2 aliphatic rings. The van der Waals surface area contributed by atoms with Crippen molar-refractivity contribution in [1.82, 2.24) is 20.4 Å². The monoisotopic (exact) mass is 726 g/mol. The lowest BCUT2D eigenvalue weighted by Gasteiger charge is -2.30. The fourth-order valence-electron chi connectivity index (χ4n) is 6.44. The van der Waals surface area contributed by atoms with E-state index in [2.05, 4.69) is 91.6 Å². The van der Waals surface area contributed by atoms with Crippen molar-refractivity contribution in [2.45, 2.75) is 61.0 Å². The van der Waals surface area contributed by atoms with Gasteiger partial charge in [0.1, 0.15) is 0 Å². The van der Waals surface area contributed by atoms with E-state index in [0.717, 1.165) is 48.9 Å². The molecule has 8 heteroatoms. The Labute approximate surface area is 281 Å². The number of amides is 2. The molecule has 0 radical (unpaired) electrons. The zero-order valence-corrected chi connectivity index (χ0v) is 28.3. The van der Waals surface area contributed by atoms with Gasteiger partial charge in [0.05, 0.1) is 6.04 Å². The average Bonchev–Trinajstić information content (AvgIpc) is 3.21. The normalized spacial score (nSPS) is 19.6. The molecule has 5 rings (SSSR count). The van der Waals surface area contributed by atoms with Crippen LogP contribution in [0.3, 0.4) is 0 Å². The van der Waals surface area contributed by atoms with E-state index in [1.54, 1.807) is 6.07 Å². The number of piperidine rings is 1. The van der Waals surface area contributed by atoms with Gasteiger partial charge in [-0.1, -0.05) is 107 Å². The van der Waals surface area contributed by atoms with Gasteiger partial charge >= 0.3 is 0 Å². The van der Waals surface area contributed by atoms with Gasteiger partial charge < -0.3 is 20.4 Å². The largest absolute Gasteiger partial charge is 0.350 e. The lowest BCUT2D eigenvalue weighted by molar-refractivity contribution is -0.133. The number of hydrogen-bond donors (Lipinski definition) is 2. The summed E-state index contributed by atoms with van der Waals surface area (Å²) in [4.78, 5) is 31.8. The van der Waals surface area contributed by atoms with Crippen molar-refractivity contribution < 1.29 is 9.59 Å². The lowest BCUT2D eigenvalue weighted by atomic mass is 9.90. The Morgan fingerprint density at radius 1 is 0.955 bits per heavy atom. The number of likely N-dealkylation sites (tertiary alicyclic amines) is 1. The summed E-state index contributed by atoms with van der Waals surface area (Å²) >= 11 is 8.66. The highest BCUT2D eigenvalue weighted by Gasteiger charge is 2.32. The van der Waals surface area contributed by atoms with Gasteiger partial charge in [-0.15, -0.1) is 0 Å². The van der Waals surface area contributed by atoms with Gasteiger partial charge in [0.15, 0.2) is 0 Å². The van der Waals surface area contributed by atoms with E-state index >= 15 is 0 Å². The second-order valence-electron chi connectivity index (χ2n) is 12.1. The van der Waals surface area contributed by atoms with E-state index in [1.807, 2.05) is 24.3 Å². The highest BCUT2D eigenvalue weighted by atomic mass is 127. The first-order valence-corrected chi connectivity index (χ1v) is 17.9. The van der Waals surface area contributed by atoms with E-state index in [1.165, 1.54) is 30.4 Å². The number of benzene rings is 3. The van der Waals surface area contributed by atoms with E-state index in [9.17, 15) is 9.59 Å². The fourth-order valence-corrected chi connectivity index (χ4v) is 7.58. The molecule has 3 aromatic carbocycles. The standard InChI is InChI=1S/C36H44ClIN4O2/c37-33-23-29(16-17-30(33)24-38)35(43)39-25-31-18-22-42(36(44)34(40-31)15-10-21-41-19-8-3-9-20-41)26-32(27-11-4-1-5-12-27)28-13-6-2-7-14-28/h1-2,4-7,11-14,16-17,23,31-32,34,40H,3,8-10,15,18-22,24-26H2,(H,39,43)/t31-,34-/m0/s1. The molecular formula is C36H44ClIN4O2. The molecule has 2 atom stereocenters. The fraction of sp³-hybridized carbons (Fsp3) is 0.444. The lowest BCUT2D eigenvalue weighted by Crippen LogP contribution is -2.49. The van der Waals surface area contributed by atoms with E-state index in [4.69, 9.17) is 11.6 Å². The van der Waals surface area contributed by atoms with Crippen LogP contribution in [0.4, 0.5) is 0 Å². The summed E-state index contributed by atoms with van der Waals surface area (Å²) in [5, 5.41) is 7.39. The van der Waals surface area contributed by atoms with Crippen LogP contribution < -0.4 is 10.6 Å². The summed E-state index contributed by atoms with van der Waals surface area (Å²) in [6.45, 7) is 5.06. The Morgan fingerprint density at radius 3 is 2.27 bits per heavy atom. The van der Waals surface area contributed by atoms with Crippen LogP contribution in [0.2, 0.25) is 5.02 Å². The van der Waals surface area contributed by atoms with Crippen LogP contribution in [0.25, 0.3) is 0 Å². The molecule has 44 heavy (non-hydrogen) atoms. The van der Waals surface area contributed by atoms with E-state index < -0.39 is 0 Å². The van der Waals surface area contributed by atoms with Crippen LogP contribution in [0.5, 0.6) is 0 Å². The molecule has 2 amide bonds. The molecule has 2 N–H and O–H groups in total. The first-order chi connectivity index (χ1) is 21.5. The van der Waals surface area contributed by atoms with Gasteiger partial charge in [-0.25, -0.2) is 0 Å². The molecular weight excluding hydrogens is 683 g/mol. The minimum Gasteiger partial charge on any atom is -0.350 e. The number of nitrogens with zero attached hydrogens (tertiary/aromatic N) is 2. The molecule has 0 aromatic heterocycles. The summed E-state index contributed by atoms with van der Waals surface area (Å²) < 4.78 is 0.795. The number of alkyl halides is 1. The Kier molecular flexibility index (Phi) is 12.5. The number of carbonyl (C=O) groups excluding carboxylic acids is 2. The number of rotatable bonds is 12. The number of nitrogens with one attached hydrogen (secondary N) is 2. The van der Waals surface area contributed by atoms with Crippen LogP contribution in [0, 0.1) is 0 Å². The number of carbonyl (C=O) groups is 2. The molecule has 0 bridgehead atoms. The molecule has 3 aromatic rings. The van der Waals surface area contributed by atoms with Gasteiger partial charge in [0, 0.05) is 46.6 Å². The minimum atomic E-state index is -0.284. The van der Waals surface area contributed by atoms with E-state index in [-0.39, 0.29) is 29.8 Å². The zero-order chi connectivity index (χ0) is 30.7. The number of halogens is 2. The molecule has 0 spiro atoms. The Bertz CT molecular complexity index is 1310. The number of hydrogen-bond acceptors (Lipinski definition) is 4. The Morgan fingerprint density at radius 2 is 1.64 bits per heavy atom. The molecule has 0 saturated carbocycles. The van der Waals surface area contributed by atoms with Gasteiger partial charge in [0.25, 0.3) is 5.91 Å². The van der Waals surface area contributed by atoms with Crippen molar-refractivity contribution in [1.29, 1.82) is 0 Å². The van der Waals surface area contributed by atoms with Crippen LogP contribution >= 0.6 is 34.2 Å². The van der Waals surface area contributed by atoms with Crippen LogP contribution in [-0.2, 0) is 9.22 Å². The second-order valence-corrected chi connectivity index (χ2v) is 13.2. The molecule has 2 saturated heterocycles. The van der Waals surface area contributed by atoms with Gasteiger partial charge in [0.2, 0.25) is 5.91 Å². The molecule has 0 aliphatic carbocycles. The third kappa shape index (κ3) is 9.05. The Balaban J connectivity index is 1.29. The topological polar surface area (TPSA) is 64.7 Å². The highest BCUT2D eigenvalue weighted by molar-refractivity contribution is 14.1. The first-order valence-electron chi connectivity index (χ1n) is 16.0. The van der Waals surface area contributed by atoms with Crippen molar-refractivity contribution in [3.8, 4) is 0 Å². The summed E-state index contributed by atoms with van der Waals surface area (Å²) in [5.74, 6) is 0.105. The summed E-state index contributed by atoms with van der Waals surface area (Å²) in [5.41, 5.74) is 3.99. The van der Waals surface area contributed by atoms with Crippen molar-refractivity contribution in [2.75, 3.05) is 39.3 Å². The predicted molar refractivity (Wildman–Crippen MR) is 188 cm³/mol. The molecule has 2 aliphatic heterocycles. The summed E-state index contributed by atoms with van der Waals surface area (Å²) in [6, 6.07) is 26.2. The van der Waals surface area contributed by atoms with Crippen LogP contribution in [0.1, 0.15) is 71.5 Å². The van der Waals surface area contributed by atoms with Gasteiger partial charge in [-0.05, 0) is 80.6 Å². The van der Waals surface area contributed by atoms with E-state index in [0.29, 0.717) is 30.2 Å². The zero-order valence-electron chi connectivity index (χ0n) is 25.4. The maximum Gasteiger partial charge on any atom is 0.251 e. The quantitative estimate of drug-likeness (QED) is 0.162.